The van der Waals surface area contributed by atoms with E-state index in [-0.39, 0.29) is 22.3 Å². The van der Waals surface area contributed by atoms with E-state index in [2.05, 4.69) is 38.1 Å². The molecule has 0 unspecified atom stereocenters. The van der Waals surface area contributed by atoms with Crippen molar-refractivity contribution in [1.29, 1.82) is 0 Å². The molecule has 0 aromatic heterocycles. The first-order valence-electron chi connectivity index (χ1n) is 6.82. The molecule has 0 N–H and O–H groups in total. The van der Waals surface area contributed by atoms with Crippen LogP contribution in [-0.4, -0.2) is 0 Å². The van der Waals surface area contributed by atoms with Crippen LogP contribution in [0.4, 0.5) is 0 Å². The van der Waals surface area contributed by atoms with E-state index in [1.54, 1.807) is 0 Å². The molecule has 0 amide bonds. The van der Waals surface area contributed by atoms with Crippen LogP contribution in [0.1, 0.15) is 61.1 Å². The molecule has 0 spiro atoms. The molecule has 2 aromatic rings. The van der Waals surface area contributed by atoms with Crippen LogP contribution in [0, 0.1) is 13.8 Å². The Morgan fingerprint density at radius 3 is 0.714 bits per heavy atom. The van der Waals surface area contributed by atoms with E-state index in [0.717, 1.165) is 0 Å². The van der Waals surface area contributed by atoms with E-state index >= 15 is 0 Å². The molecular formula is C21H40. The quantitative estimate of drug-likeness (QED) is 0.462. The predicted octanol–water partition coefficient (Wildman–Crippen LogP) is 7.95. The first-order chi connectivity index (χ1) is 8.79. The highest BCUT2D eigenvalue weighted by Crippen LogP contribution is 1.92. The number of rotatable bonds is 0. The molecule has 124 valence electrons. The third-order valence-electron chi connectivity index (χ3n) is 1.88. The van der Waals surface area contributed by atoms with Crippen LogP contribution >= 0.6 is 0 Å². The lowest BCUT2D eigenvalue weighted by atomic mass is 10.2. The summed E-state index contributed by atoms with van der Waals surface area (Å²) in [5.41, 5.74) is 2.64. The van der Waals surface area contributed by atoms with E-state index < -0.39 is 0 Å². The molecule has 21 heavy (non-hydrogen) atoms. The monoisotopic (exact) mass is 292 g/mol. The minimum Gasteiger partial charge on any atom is -0.0776 e. The molecule has 0 saturated carbocycles. The lowest BCUT2D eigenvalue weighted by Gasteiger charge is -1.82. The van der Waals surface area contributed by atoms with Gasteiger partial charge in [-0.3, -0.25) is 0 Å². The number of aryl methyl sites for hydroxylation is 2. The summed E-state index contributed by atoms with van der Waals surface area (Å²) < 4.78 is 0. The fraction of sp³-hybridized carbons (Fsp3) is 0.429. The minimum absolute atomic E-state index is 0. The second-order valence-electron chi connectivity index (χ2n) is 3.31. The van der Waals surface area contributed by atoms with Gasteiger partial charge in [-0.05, 0) is 13.8 Å². The van der Waals surface area contributed by atoms with Crippen LogP contribution in [0.2, 0.25) is 0 Å². The average Bonchev–Trinajstić information content (AvgIpc) is 2.46. The van der Waals surface area contributed by atoms with E-state index in [0.29, 0.717) is 0 Å². The van der Waals surface area contributed by atoms with Crippen molar-refractivity contribution in [3.05, 3.63) is 71.8 Å². The maximum Gasteiger partial charge on any atom is -0.0398 e. The highest BCUT2D eigenvalue weighted by Gasteiger charge is 1.72. The fourth-order valence-electron chi connectivity index (χ4n) is 1.07. The zero-order chi connectivity index (χ0) is 14.2. The van der Waals surface area contributed by atoms with Crippen molar-refractivity contribution in [2.45, 2.75) is 63.8 Å². The van der Waals surface area contributed by atoms with E-state index in [1.807, 2.05) is 64.1 Å². The SMILES string of the molecule is C.C.C.CC.CC.Cc1ccccc1.Cc1ccccc1. The molecule has 0 aliphatic heterocycles. The van der Waals surface area contributed by atoms with Crippen molar-refractivity contribution in [3.8, 4) is 0 Å². The molecule has 0 saturated heterocycles. The van der Waals surface area contributed by atoms with E-state index in [4.69, 9.17) is 0 Å². The third kappa shape index (κ3) is 23.9. The van der Waals surface area contributed by atoms with Crippen LogP contribution in [0.15, 0.2) is 60.7 Å². The van der Waals surface area contributed by atoms with Gasteiger partial charge in [0.05, 0.1) is 0 Å². The maximum absolute atomic E-state index is 2.08. The summed E-state index contributed by atoms with van der Waals surface area (Å²) in [7, 11) is 0. The van der Waals surface area contributed by atoms with Crippen molar-refractivity contribution in [2.75, 3.05) is 0 Å². The van der Waals surface area contributed by atoms with Gasteiger partial charge in [-0.2, -0.15) is 0 Å². The summed E-state index contributed by atoms with van der Waals surface area (Å²) in [4.78, 5) is 0. The molecule has 0 aliphatic rings. The topological polar surface area (TPSA) is 0 Å². The van der Waals surface area contributed by atoms with Gasteiger partial charge in [-0.15, -0.1) is 0 Å². The van der Waals surface area contributed by atoms with Gasteiger partial charge < -0.3 is 0 Å². The normalized spacial score (nSPS) is 6.38. The Labute approximate surface area is 136 Å². The standard InChI is InChI=1S/2C7H8.2C2H6.3CH4/c2*1-7-5-3-2-4-6-7;2*1-2;;;/h2*2-6H,1H3;2*1-2H3;3*1H4. The largest absolute Gasteiger partial charge is 0.0776 e. The summed E-state index contributed by atoms with van der Waals surface area (Å²) in [5, 5.41) is 0. The lowest BCUT2D eigenvalue weighted by molar-refractivity contribution is 1.48. The van der Waals surface area contributed by atoms with Gasteiger partial charge in [-0.25, -0.2) is 0 Å². The molecule has 2 aromatic carbocycles. The fourth-order valence-corrected chi connectivity index (χ4v) is 1.07. The van der Waals surface area contributed by atoms with Crippen molar-refractivity contribution in [1.82, 2.24) is 0 Å². The molecule has 0 radical (unpaired) electrons. The van der Waals surface area contributed by atoms with Gasteiger partial charge in [-0.1, -0.05) is 122 Å². The molecule has 0 heteroatoms. The third-order valence-corrected chi connectivity index (χ3v) is 1.88. The molecule has 0 bridgehead atoms. The average molecular weight is 293 g/mol. The van der Waals surface area contributed by atoms with Gasteiger partial charge in [0.2, 0.25) is 0 Å². The van der Waals surface area contributed by atoms with Crippen LogP contribution in [-0.2, 0) is 0 Å². The first kappa shape index (κ1) is 31.7. The van der Waals surface area contributed by atoms with Gasteiger partial charge >= 0.3 is 0 Å². The van der Waals surface area contributed by atoms with Crippen molar-refractivity contribution >= 4 is 0 Å². The van der Waals surface area contributed by atoms with Gasteiger partial charge in [0, 0.05) is 0 Å². The highest BCUT2D eigenvalue weighted by atomic mass is 13.8. The van der Waals surface area contributed by atoms with Gasteiger partial charge in [0.1, 0.15) is 0 Å². The number of benzene rings is 2. The lowest BCUT2D eigenvalue weighted by Crippen LogP contribution is -1.62. The van der Waals surface area contributed by atoms with Gasteiger partial charge in [0.15, 0.2) is 0 Å². The molecule has 0 nitrogen and oxygen atoms in total. The number of hydrogen-bond acceptors (Lipinski definition) is 0. The van der Waals surface area contributed by atoms with E-state index in [9.17, 15) is 0 Å². The Balaban J connectivity index is -0.0000000589. The Morgan fingerprint density at radius 2 is 0.619 bits per heavy atom. The second-order valence-corrected chi connectivity index (χ2v) is 3.31. The Bertz CT molecular complexity index is 297. The summed E-state index contributed by atoms with van der Waals surface area (Å²) in [6.07, 6.45) is 0. The second kappa shape index (κ2) is 26.9. The highest BCUT2D eigenvalue weighted by molar-refractivity contribution is 5.12. The molecule has 0 heterocycles. The zero-order valence-corrected chi connectivity index (χ0v) is 12.8. The van der Waals surface area contributed by atoms with Crippen molar-refractivity contribution in [2.24, 2.45) is 0 Å². The van der Waals surface area contributed by atoms with Crippen molar-refractivity contribution in [3.63, 3.8) is 0 Å². The molecular weight excluding hydrogens is 252 g/mol. The summed E-state index contributed by atoms with van der Waals surface area (Å²) in [6, 6.07) is 20.5. The van der Waals surface area contributed by atoms with Crippen LogP contribution in [0.5, 0.6) is 0 Å². The Hall–Kier alpha value is -1.56. The van der Waals surface area contributed by atoms with E-state index in [1.165, 1.54) is 11.1 Å². The molecule has 0 atom stereocenters. The zero-order valence-electron chi connectivity index (χ0n) is 12.8. The summed E-state index contributed by atoms with van der Waals surface area (Å²) in [6.45, 7) is 12.2. The smallest absolute Gasteiger partial charge is 0.0398 e. The summed E-state index contributed by atoms with van der Waals surface area (Å²) in [5.74, 6) is 0. The number of hydrogen-bond donors (Lipinski definition) is 0. The van der Waals surface area contributed by atoms with Crippen LogP contribution in [0.25, 0.3) is 0 Å². The van der Waals surface area contributed by atoms with Crippen molar-refractivity contribution < 1.29 is 0 Å². The molecule has 2 rings (SSSR count). The van der Waals surface area contributed by atoms with Crippen LogP contribution in [0.3, 0.4) is 0 Å². The first-order valence-corrected chi connectivity index (χ1v) is 6.82. The summed E-state index contributed by atoms with van der Waals surface area (Å²) >= 11 is 0. The Kier molecular flexibility index (Phi) is 40.6. The van der Waals surface area contributed by atoms with Crippen LogP contribution < -0.4 is 0 Å². The minimum atomic E-state index is 0. The Morgan fingerprint density at radius 1 is 0.429 bits per heavy atom. The van der Waals surface area contributed by atoms with Gasteiger partial charge in [0.25, 0.3) is 0 Å². The maximum atomic E-state index is 2.08. The molecule has 0 aliphatic carbocycles. The molecule has 0 fully saturated rings. The predicted molar refractivity (Wildman–Crippen MR) is 105 cm³/mol.